The van der Waals surface area contributed by atoms with Crippen molar-refractivity contribution in [2.45, 2.75) is 11.6 Å². The Kier molecular flexibility index (Phi) is 7.71. The maximum absolute atomic E-state index is 16.6. The number of nitrogens with zero attached hydrogens (tertiary/aromatic N) is 4. The quantitative estimate of drug-likeness (QED) is 0.177. The third kappa shape index (κ3) is 5.12. The number of furan rings is 1. The summed E-state index contributed by atoms with van der Waals surface area (Å²) < 4.78 is 58.4. The predicted octanol–water partition coefficient (Wildman–Crippen LogP) is 15.2. The van der Waals surface area contributed by atoms with Crippen molar-refractivity contribution in [2.75, 3.05) is 0 Å². The molecule has 0 unspecified atom stereocenters. The summed E-state index contributed by atoms with van der Waals surface area (Å²) in [7, 11) is 0. The number of benzene rings is 9. The Morgan fingerprint density at radius 3 is 1.61 bits per heavy atom. The van der Waals surface area contributed by atoms with Crippen LogP contribution < -0.4 is 0 Å². The number of aromatic nitrogens is 4. The lowest BCUT2D eigenvalue weighted by Gasteiger charge is -2.30. The average molecular weight is 871 g/mol. The molecular weight excluding hydrogens is 838 g/mol. The van der Waals surface area contributed by atoms with E-state index < -0.39 is 17.2 Å². The van der Waals surface area contributed by atoms with Crippen molar-refractivity contribution in [2.24, 2.45) is 0 Å². The van der Waals surface area contributed by atoms with Crippen LogP contribution >= 0.6 is 0 Å². The molecule has 2 aliphatic rings. The molecule has 0 radical (unpaired) electrons. The summed E-state index contributed by atoms with van der Waals surface area (Å²) in [4.78, 5) is 14.8. The molecule has 3 heterocycles. The number of hydrogen-bond acceptors (Lipinski definition) is 4. The Bertz CT molecular complexity index is 3940. The largest absolute Gasteiger partial charge is 0.454 e. The van der Waals surface area contributed by atoms with Gasteiger partial charge in [-0.05, 0) is 57.1 Å². The van der Waals surface area contributed by atoms with Gasteiger partial charge in [-0.15, -0.1) is 0 Å². The Morgan fingerprint density at radius 2 is 0.970 bits per heavy atom. The number of rotatable bonds is 4. The highest BCUT2D eigenvalue weighted by Gasteiger charge is 2.52. The van der Waals surface area contributed by atoms with E-state index in [1.54, 1.807) is 6.07 Å². The van der Waals surface area contributed by atoms with E-state index in [1.165, 1.54) is 6.07 Å². The van der Waals surface area contributed by atoms with Crippen molar-refractivity contribution in [1.82, 2.24) is 19.5 Å². The highest BCUT2D eigenvalue weighted by molar-refractivity contribution is 6.20. The molecule has 0 atom stereocenters. The lowest BCUT2D eigenvalue weighted by atomic mass is 9.70. The van der Waals surface area contributed by atoms with Crippen LogP contribution in [0, 0.1) is 0 Å². The van der Waals surface area contributed by atoms with E-state index in [1.807, 2.05) is 114 Å². The zero-order valence-electron chi connectivity index (χ0n) is 35.4. The summed E-state index contributed by atoms with van der Waals surface area (Å²) in [6, 6.07) is 64.9. The fourth-order valence-electron chi connectivity index (χ4n) is 11.3. The molecule has 2 aliphatic carbocycles. The van der Waals surface area contributed by atoms with Crippen LogP contribution in [0.15, 0.2) is 205 Å². The second-order valence-corrected chi connectivity index (χ2v) is 17.3. The molecule has 0 aliphatic heterocycles. The minimum absolute atomic E-state index is 0.0757. The third-order valence-electron chi connectivity index (χ3n) is 13.9. The maximum Gasteiger partial charge on any atom is 0.418 e. The zero-order valence-corrected chi connectivity index (χ0v) is 35.4. The van der Waals surface area contributed by atoms with Crippen molar-refractivity contribution >= 4 is 43.7 Å². The molecular formula is C59H33F3N4O. The highest BCUT2D eigenvalue weighted by Crippen LogP contribution is 2.64. The second-order valence-electron chi connectivity index (χ2n) is 17.3. The van der Waals surface area contributed by atoms with Gasteiger partial charge in [0, 0.05) is 43.8 Å². The summed E-state index contributed by atoms with van der Waals surface area (Å²) in [6.07, 6.45) is -4.87. The van der Waals surface area contributed by atoms with Crippen molar-refractivity contribution in [3.63, 3.8) is 0 Å². The van der Waals surface area contributed by atoms with E-state index in [-0.39, 0.29) is 22.7 Å². The summed E-state index contributed by atoms with van der Waals surface area (Å²) in [5.74, 6) is 0.770. The van der Waals surface area contributed by atoms with Gasteiger partial charge in [0.25, 0.3) is 0 Å². The van der Waals surface area contributed by atoms with E-state index in [0.717, 1.165) is 55.3 Å². The molecule has 316 valence electrons. The lowest BCUT2D eigenvalue weighted by molar-refractivity contribution is -0.137. The second kappa shape index (κ2) is 13.7. The SMILES string of the molecule is FC(F)(F)c1cc(-c2nc(-c3ccccc3)nc(-c3ccccc3)n2)c2c(oc3ccccc32)c1-n1c2ccccc2c2ccc3c(c21)-c1ccccc1C31c2ccccc2-c2ccccc21. The minimum atomic E-state index is -4.87. The predicted molar refractivity (Wildman–Crippen MR) is 259 cm³/mol. The van der Waals surface area contributed by atoms with Crippen molar-refractivity contribution in [3.05, 3.63) is 228 Å². The zero-order chi connectivity index (χ0) is 44.6. The van der Waals surface area contributed by atoms with Gasteiger partial charge in [0.1, 0.15) is 11.3 Å². The van der Waals surface area contributed by atoms with Crippen molar-refractivity contribution in [3.8, 4) is 62.1 Å². The fraction of sp³-hybridized carbons (Fsp3) is 0.0339. The number of fused-ring (bicyclic) bond motifs is 17. The molecule has 0 amide bonds. The van der Waals surface area contributed by atoms with Crippen LogP contribution in [0.1, 0.15) is 27.8 Å². The number of para-hydroxylation sites is 2. The average Bonchev–Trinajstić information content (AvgIpc) is 4.10. The van der Waals surface area contributed by atoms with Gasteiger partial charge in [0.2, 0.25) is 0 Å². The van der Waals surface area contributed by atoms with Crippen LogP contribution in [0.25, 0.3) is 106 Å². The molecule has 5 nitrogen and oxygen atoms in total. The molecule has 14 rings (SSSR count). The molecule has 3 aromatic heterocycles. The Balaban J connectivity index is 1.15. The first-order valence-corrected chi connectivity index (χ1v) is 22.2. The lowest BCUT2D eigenvalue weighted by Crippen LogP contribution is -2.25. The molecule has 0 N–H and O–H groups in total. The monoisotopic (exact) mass is 870 g/mol. The minimum Gasteiger partial charge on any atom is -0.454 e. The van der Waals surface area contributed by atoms with E-state index >= 15 is 13.2 Å². The Morgan fingerprint density at radius 1 is 0.448 bits per heavy atom. The van der Waals surface area contributed by atoms with Crippen molar-refractivity contribution < 1.29 is 17.6 Å². The molecule has 67 heavy (non-hydrogen) atoms. The number of halogens is 3. The van der Waals surface area contributed by atoms with E-state index in [0.29, 0.717) is 50.2 Å². The van der Waals surface area contributed by atoms with Gasteiger partial charge in [-0.25, -0.2) is 15.0 Å². The molecule has 0 saturated heterocycles. The first-order chi connectivity index (χ1) is 32.9. The van der Waals surface area contributed by atoms with Gasteiger partial charge in [-0.3, -0.25) is 0 Å². The number of alkyl halides is 3. The maximum atomic E-state index is 16.6. The smallest absolute Gasteiger partial charge is 0.418 e. The molecule has 0 fully saturated rings. The van der Waals surface area contributed by atoms with Gasteiger partial charge < -0.3 is 8.98 Å². The normalized spacial score (nSPS) is 13.4. The Hall–Kier alpha value is -8.62. The fourth-order valence-corrected chi connectivity index (χ4v) is 11.3. The molecule has 12 aromatic rings. The van der Waals surface area contributed by atoms with E-state index in [9.17, 15) is 0 Å². The standard InChI is InChI=1S/C59H33F3N4O/c60-59(61,62)47-33-42(57-64-55(34-17-3-1-4-18-34)63-56(65-57)35-19-5-2-6-20-35)50-41-25-11-16-30-49(41)67-54(50)53(47)66-48-29-15-10-23-38(48)39-31-32-46-51(52(39)66)40-24-9-14-28-45(40)58(46)43-26-12-7-21-36(43)37-22-8-13-27-44(37)58/h1-33H. The van der Waals surface area contributed by atoms with Crippen LogP contribution in [0.4, 0.5) is 13.2 Å². The third-order valence-corrected chi connectivity index (χ3v) is 13.9. The molecule has 9 aromatic carbocycles. The van der Waals surface area contributed by atoms with Crippen LogP contribution in [0.2, 0.25) is 0 Å². The molecule has 8 heteroatoms. The molecule has 1 spiro atoms. The van der Waals surface area contributed by atoms with Crippen LogP contribution in [-0.4, -0.2) is 19.5 Å². The summed E-state index contributed by atoms with van der Waals surface area (Å²) in [6.45, 7) is 0. The highest BCUT2D eigenvalue weighted by atomic mass is 19.4. The van der Waals surface area contributed by atoms with Crippen molar-refractivity contribution in [1.29, 1.82) is 0 Å². The van der Waals surface area contributed by atoms with Crippen LogP contribution in [0.3, 0.4) is 0 Å². The first kappa shape index (κ1) is 37.7. The summed E-state index contributed by atoms with van der Waals surface area (Å²) in [5.41, 5.74) is 10.2. The van der Waals surface area contributed by atoms with Gasteiger partial charge in [-0.2, -0.15) is 13.2 Å². The summed E-state index contributed by atoms with van der Waals surface area (Å²) >= 11 is 0. The summed E-state index contributed by atoms with van der Waals surface area (Å²) in [5, 5.41) is 2.77. The van der Waals surface area contributed by atoms with E-state index in [4.69, 9.17) is 19.4 Å². The van der Waals surface area contributed by atoms with Crippen LogP contribution in [-0.2, 0) is 11.6 Å². The van der Waals surface area contributed by atoms with Gasteiger partial charge in [0.05, 0.1) is 22.0 Å². The molecule has 0 bridgehead atoms. The molecule has 0 saturated carbocycles. The van der Waals surface area contributed by atoms with Gasteiger partial charge >= 0.3 is 6.18 Å². The van der Waals surface area contributed by atoms with Gasteiger partial charge in [0.15, 0.2) is 23.1 Å². The first-order valence-electron chi connectivity index (χ1n) is 22.2. The Labute approximate surface area is 381 Å². The van der Waals surface area contributed by atoms with Crippen LogP contribution in [0.5, 0.6) is 0 Å². The van der Waals surface area contributed by atoms with E-state index in [2.05, 4.69) is 78.9 Å². The topological polar surface area (TPSA) is 56.7 Å². The number of hydrogen-bond donors (Lipinski definition) is 0. The van der Waals surface area contributed by atoms with Gasteiger partial charge in [-0.1, -0.05) is 182 Å².